The first-order valence-corrected chi connectivity index (χ1v) is 11.3. The maximum atomic E-state index is 13.2. The van der Waals surface area contributed by atoms with Crippen LogP contribution in [0.3, 0.4) is 0 Å². The fourth-order valence-electron chi connectivity index (χ4n) is 4.87. The molecule has 11 nitrogen and oxygen atoms in total. The van der Waals surface area contributed by atoms with Gasteiger partial charge in [-0.25, -0.2) is 4.98 Å². The van der Waals surface area contributed by atoms with Gasteiger partial charge in [0.1, 0.15) is 5.69 Å². The van der Waals surface area contributed by atoms with Crippen molar-refractivity contribution in [2.75, 3.05) is 63.9 Å². The number of ether oxygens (including phenoxy) is 1. The van der Waals surface area contributed by atoms with E-state index in [0.29, 0.717) is 5.91 Å². The van der Waals surface area contributed by atoms with Crippen molar-refractivity contribution in [2.24, 2.45) is 12.5 Å². The molecule has 11 heteroatoms. The molecule has 3 saturated heterocycles. The zero-order chi connectivity index (χ0) is 23.3. The van der Waals surface area contributed by atoms with Gasteiger partial charge in [0.15, 0.2) is 11.6 Å². The second-order valence-corrected chi connectivity index (χ2v) is 8.69. The Labute approximate surface area is 193 Å². The number of nitrogens with zero attached hydrogens (tertiary/aromatic N) is 7. The summed E-state index contributed by atoms with van der Waals surface area (Å²) in [5.41, 5.74) is 0.497. The summed E-state index contributed by atoms with van der Waals surface area (Å²) in [6, 6.07) is 3.95. The van der Waals surface area contributed by atoms with Gasteiger partial charge in [0.25, 0.3) is 6.47 Å². The molecule has 0 radical (unpaired) electrons. The number of imidazole rings is 1. The van der Waals surface area contributed by atoms with Gasteiger partial charge in [0, 0.05) is 65.3 Å². The number of aromatic nitrogens is 4. The molecular formula is C22H31N7O4. The lowest BCUT2D eigenvalue weighted by Crippen LogP contribution is -2.43. The average Bonchev–Trinajstić information content (AvgIpc) is 3.54. The van der Waals surface area contributed by atoms with E-state index in [1.54, 1.807) is 6.20 Å². The van der Waals surface area contributed by atoms with Gasteiger partial charge in [-0.15, -0.1) is 10.2 Å². The highest BCUT2D eigenvalue weighted by atomic mass is 16.5. The van der Waals surface area contributed by atoms with Gasteiger partial charge >= 0.3 is 0 Å². The summed E-state index contributed by atoms with van der Waals surface area (Å²) in [6.07, 6.45) is 5.48. The van der Waals surface area contributed by atoms with Gasteiger partial charge in [0.05, 0.1) is 18.6 Å². The predicted octanol–water partition coefficient (Wildman–Crippen LogP) is 0.339. The van der Waals surface area contributed by atoms with Crippen molar-refractivity contribution in [1.29, 1.82) is 0 Å². The number of aryl methyl sites for hydroxylation is 1. The first kappa shape index (κ1) is 23.1. The van der Waals surface area contributed by atoms with E-state index in [-0.39, 0.29) is 11.9 Å². The number of likely N-dealkylation sites (tertiary alicyclic amines) is 1. The summed E-state index contributed by atoms with van der Waals surface area (Å²) in [5.74, 6) is 1.95. The molecule has 1 unspecified atom stereocenters. The zero-order valence-electron chi connectivity index (χ0n) is 19.0. The van der Waals surface area contributed by atoms with Crippen molar-refractivity contribution in [3.8, 4) is 11.5 Å². The molecule has 1 atom stereocenters. The number of rotatable bonds is 5. The maximum absolute atomic E-state index is 13.2. The van der Waals surface area contributed by atoms with Gasteiger partial charge in [-0.05, 0) is 25.0 Å². The first-order valence-electron chi connectivity index (χ1n) is 11.3. The Morgan fingerprint density at radius 2 is 1.88 bits per heavy atom. The van der Waals surface area contributed by atoms with E-state index >= 15 is 0 Å². The van der Waals surface area contributed by atoms with Crippen LogP contribution in [-0.4, -0.2) is 106 Å². The lowest BCUT2D eigenvalue weighted by atomic mass is 9.85. The molecule has 1 amide bonds. The number of carbonyl (C=O) groups excluding carboxylic acids is 1. The number of carbonyl (C=O) groups is 2. The van der Waals surface area contributed by atoms with Crippen molar-refractivity contribution in [2.45, 2.75) is 12.8 Å². The van der Waals surface area contributed by atoms with E-state index in [0.717, 1.165) is 89.2 Å². The van der Waals surface area contributed by atoms with Crippen LogP contribution in [0.4, 0.5) is 5.82 Å². The van der Waals surface area contributed by atoms with Crippen molar-refractivity contribution in [1.82, 2.24) is 29.5 Å². The third-order valence-corrected chi connectivity index (χ3v) is 6.77. The summed E-state index contributed by atoms with van der Waals surface area (Å²) in [5, 5.41) is 15.7. The lowest BCUT2D eigenvalue weighted by Gasteiger charge is -2.29. The summed E-state index contributed by atoms with van der Waals surface area (Å²) >= 11 is 0. The Morgan fingerprint density at radius 1 is 1.12 bits per heavy atom. The summed E-state index contributed by atoms with van der Waals surface area (Å²) in [6.45, 7) is 7.48. The maximum Gasteiger partial charge on any atom is 0.290 e. The Kier molecular flexibility index (Phi) is 7.19. The molecule has 3 aliphatic heterocycles. The molecule has 2 aromatic heterocycles. The molecule has 33 heavy (non-hydrogen) atoms. The highest BCUT2D eigenvalue weighted by Crippen LogP contribution is 2.41. The summed E-state index contributed by atoms with van der Waals surface area (Å²) in [7, 11) is 1.94. The van der Waals surface area contributed by atoms with Crippen molar-refractivity contribution >= 4 is 18.2 Å². The Balaban J connectivity index is 0.000000821. The summed E-state index contributed by atoms with van der Waals surface area (Å²) < 4.78 is 7.34. The fourth-order valence-corrected chi connectivity index (χ4v) is 4.87. The predicted molar refractivity (Wildman–Crippen MR) is 121 cm³/mol. The van der Waals surface area contributed by atoms with Gasteiger partial charge in [-0.1, -0.05) is 0 Å². The van der Waals surface area contributed by atoms with Crippen LogP contribution in [0, 0.1) is 5.41 Å². The molecule has 5 heterocycles. The Hall–Kier alpha value is -3.05. The molecule has 1 N–H and O–H groups in total. The number of hydrogen-bond acceptors (Lipinski definition) is 8. The van der Waals surface area contributed by atoms with E-state index < -0.39 is 0 Å². The summed E-state index contributed by atoms with van der Waals surface area (Å²) in [4.78, 5) is 32.6. The van der Waals surface area contributed by atoms with Crippen LogP contribution in [0.5, 0.6) is 0 Å². The van der Waals surface area contributed by atoms with Gasteiger partial charge in [0.2, 0.25) is 5.91 Å². The minimum absolute atomic E-state index is 0.250. The molecule has 1 spiro atoms. The molecule has 0 bridgehead atoms. The van der Waals surface area contributed by atoms with Crippen LogP contribution in [-0.2, 0) is 21.4 Å². The topological polar surface area (TPSA) is 117 Å². The molecule has 3 fully saturated rings. The van der Waals surface area contributed by atoms with Gasteiger partial charge < -0.3 is 24.2 Å². The largest absolute Gasteiger partial charge is 0.483 e. The van der Waals surface area contributed by atoms with Gasteiger partial charge in [-0.2, -0.15) is 0 Å². The zero-order valence-corrected chi connectivity index (χ0v) is 19.0. The number of morpholine rings is 1. The number of amides is 1. The SMILES string of the molecule is Cn1ccnc1-c1ccc(N2CCC3(CCN(CCN4CCOCC4)C3=O)C2)nn1.O=CO. The number of anilines is 1. The average molecular weight is 458 g/mol. The third-order valence-electron chi connectivity index (χ3n) is 6.77. The molecule has 0 saturated carbocycles. The normalized spacial score (nSPS) is 23.1. The highest BCUT2D eigenvalue weighted by Gasteiger charge is 2.50. The van der Waals surface area contributed by atoms with Crippen molar-refractivity contribution in [3.63, 3.8) is 0 Å². The highest BCUT2D eigenvalue weighted by molar-refractivity contribution is 5.86. The molecule has 0 aliphatic carbocycles. The van der Waals surface area contributed by atoms with Crippen molar-refractivity contribution in [3.05, 3.63) is 24.5 Å². The van der Waals surface area contributed by atoms with E-state index in [9.17, 15) is 4.79 Å². The van der Waals surface area contributed by atoms with E-state index in [2.05, 4.69) is 29.9 Å². The van der Waals surface area contributed by atoms with Crippen LogP contribution in [0.15, 0.2) is 24.5 Å². The molecule has 0 aromatic carbocycles. The lowest BCUT2D eigenvalue weighted by molar-refractivity contribution is -0.135. The standard InChI is InChI=1S/C21H29N7O2.CH2O2/c1-25-9-6-22-19(25)17-2-3-18(24-23-17)28-8-5-21(16-28)4-7-27(20(21)29)11-10-26-12-14-30-15-13-26;2-1-3/h2-3,6,9H,4-5,7-8,10-16H2,1H3;1H,(H,2,3). The number of carboxylic acid groups (broad SMARTS) is 1. The minimum Gasteiger partial charge on any atom is -0.483 e. The van der Waals surface area contributed by atoms with Crippen LogP contribution in [0.2, 0.25) is 0 Å². The Bertz CT molecular complexity index is 944. The third kappa shape index (κ3) is 4.98. The molecule has 178 valence electrons. The van der Waals surface area contributed by atoms with Crippen LogP contribution in [0.25, 0.3) is 11.5 Å². The van der Waals surface area contributed by atoms with E-state index in [1.807, 2.05) is 29.9 Å². The smallest absolute Gasteiger partial charge is 0.290 e. The molecule has 3 aliphatic rings. The molecule has 5 rings (SSSR count). The van der Waals surface area contributed by atoms with E-state index in [4.69, 9.17) is 14.6 Å². The fraction of sp³-hybridized carbons (Fsp3) is 0.591. The van der Waals surface area contributed by atoms with E-state index in [1.165, 1.54) is 0 Å². The first-order chi connectivity index (χ1) is 16.1. The minimum atomic E-state index is -0.259. The Morgan fingerprint density at radius 3 is 2.55 bits per heavy atom. The number of hydrogen-bond donors (Lipinski definition) is 1. The second-order valence-electron chi connectivity index (χ2n) is 8.69. The van der Waals surface area contributed by atoms with Crippen LogP contribution < -0.4 is 4.90 Å². The molecule has 2 aromatic rings. The van der Waals surface area contributed by atoms with Crippen molar-refractivity contribution < 1.29 is 19.4 Å². The quantitative estimate of drug-likeness (QED) is 0.634. The molecular weight excluding hydrogens is 426 g/mol. The monoisotopic (exact) mass is 457 g/mol. The van der Waals surface area contributed by atoms with Crippen LogP contribution in [0.1, 0.15) is 12.8 Å². The van der Waals surface area contributed by atoms with Gasteiger partial charge in [-0.3, -0.25) is 14.5 Å². The second kappa shape index (κ2) is 10.3. The van der Waals surface area contributed by atoms with Crippen LogP contribution >= 0.6 is 0 Å².